The number of aliphatic imine (C=N–C) groups is 1. The van der Waals surface area contributed by atoms with Crippen molar-refractivity contribution in [3.8, 4) is 0 Å². The number of benzene rings is 2. The quantitative estimate of drug-likeness (QED) is 0.160. The number of hydrogen-bond acceptors (Lipinski definition) is 4. The minimum absolute atomic E-state index is 0. The van der Waals surface area contributed by atoms with E-state index in [9.17, 15) is 15.2 Å². The summed E-state index contributed by atoms with van der Waals surface area (Å²) in [7, 11) is 0. The maximum absolute atomic E-state index is 10.9. The van der Waals surface area contributed by atoms with Gasteiger partial charge >= 0.3 is 0 Å². The zero-order valence-electron chi connectivity index (χ0n) is 15.1. The second-order valence-electron chi connectivity index (χ2n) is 5.72. The van der Waals surface area contributed by atoms with Gasteiger partial charge in [-0.2, -0.15) is 0 Å². The Morgan fingerprint density at radius 2 is 1.89 bits per heavy atom. The van der Waals surface area contributed by atoms with Gasteiger partial charge in [-0.25, -0.2) is 4.99 Å². The molecular weight excluding hydrogens is 518 g/mol. The number of aliphatic hydroxyl groups excluding tert-OH is 1. The van der Waals surface area contributed by atoms with Crippen LogP contribution in [0.5, 0.6) is 0 Å². The van der Waals surface area contributed by atoms with Gasteiger partial charge in [0.25, 0.3) is 5.69 Å². The molecule has 0 spiro atoms. The lowest BCUT2D eigenvalue weighted by molar-refractivity contribution is -0.384. The summed E-state index contributed by atoms with van der Waals surface area (Å²) in [4.78, 5) is 14.8. The van der Waals surface area contributed by atoms with Gasteiger partial charge in [0, 0.05) is 35.3 Å². The fourth-order valence-corrected chi connectivity index (χ4v) is 2.90. The van der Waals surface area contributed by atoms with Gasteiger partial charge < -0.3 is 15.7 Å². The van der Waals surface area contributed by atoms with E-state index >= 15 is 0 Å². The molecule has 0 saturated carbocycles. The molecule has 2 aromatic carbocycles. The van der Waals surface area contributed by atoms with Crippen molar-refractivity contribution in [2.45, 2.75) is 19.6 Å². The number of aliphatic hydroxyl groups is 1. The molecule has 0 aliphatic heterocycles. The van der Waals surface area contributed by atoms with Crippen molar-refractivity contribution >= 4 is 58.8 Å². The predicted octanol–water partition coefficient (Wildman–Crippen LogP) is 4.31. The smallest absolute Gasteiger partial charge is 0.269 e. The van der Waals surface area contributed by atoms with Gasteiger partial charge in [-0.15, -0.1) is 24.0 Å². The van der Waals surface area contributed by atoms with E-state index in [4.69, 9.17) is 23.2 Å². The Bertz CT molecular complexity index is 816. The lowest BCUT2D eigenvalue weighted by atomic mass is 10.1. The summed E-state index contributed by atoms with van der Waals surface area (Å²) < 4.78 is 0. The first-order valence-electron chi connectivity index (χ1n) is 8.28. The van der Waals surface area contributed by atoms with Crippen LogP contribution < -0.4 is 10.6 Å². The van der Waals surface area contributed by atoms with Crippen molar-refractivity contribution < 1.29 is 10.0 Å². The zero-order chi connectivity index (χ0) is 19.8. The molecule has 0 radical (unpaired) electrons. The molecule has 1 atom stereocenters. The molecule has 0 aromatic heterocycles. The van der Waals surface area contributed by atoms with Crippen LogP contribution in [0.25, 0.3) is 0 Å². The fraction of sp³-hybridized carbons (Fsp3) is 0.278. The van der Waals surface area contributed by atoms with Crippen molar-refractivity contribution in [1.82, 2.24) is 10.6 Å². The summed E-state index contributed by atoms with van der Waals surface area (Å²) >= 11 is 11.9. The lowest BCUT2D eigenvalue weighted by Crippen LogP contribution is -2.39. The summed E-state index contributed by atoms with van der Waals surface area (Å²) in [5.41, 5.74) is 1.33. The first-order valence-corrected chi connectivity index (χ1v) is 9.04. The van der Waals surface area contributed by atoms with E-state index in [0.29, 0.717) is 33.7 Å². The zero-order valence-corrected chi connectivity index (χ0v) is 18.9. The molecule has 0 aliphatic rings. The Hall–Kier alpha value is -1.62. The number of non-ortho nitro benzene ring substituents is 1. The molecule has 0 saturated heterocycles. The van der Waals surface area contributed by atoms with Crippen LogP contribution in [-0.2, 0) is 6.54 Å². The van der Waals surface area contributed by atoms with E-state index in [1.165, 1.54) is 12.1 Å². The summed E-state index contributed by atoms with van der Waals surface area (Å²) in [6.45, 7) is 2.99. The number of nitrogens with one attached hydrogen (secondary N) is 2. The highest BCUT2D eigenvalue weighted by molar-refractivity contribution is 14.0. The highest BCUT2D eigenvalue weighted by Crippen LogP contribution is 2.23. The van der Waals surface area contributed by atoms with Gasteiger partial charge in [0.2, 0.25) is 0 Å². The van der Waals surface area contributed by atoms with E-state index in [0.717, 1.165) is 0 Å². The Kier molecular flexibility index (Phi) is 10.5. The minimum Gasteiger partial charge on any atom is -0.387 e. The van der Waals surface area contributed by atoms with Crippen LogP contribution in [0.4, 0.5) is 5.69 Å². The van der Waals surface area contributed by atoms with Crippen molar-refractivity contribution in [3.63, 3.8) is 0 Å². The number of nitro groups is 1. The van der Waals surface area contributed by atoms with Crippen LogP contribution in [0.15, 0.2) is 47.5 Å². The number of nitro benzene ring substituents is 1. The lowest BCUT2D eigenvalue weighted by Gasteiger charge is -2.16. The molecule has 0 amide bonds. The topological polar surface area (TPSA) is 99.8 Å². The van der Waals surface area contributed by atoms with Gasteiger partial charge in [0.15, 0.2) is 5.96 Å². The van der Waals surface area contributed by atoms with Crippen molar-refractivity contribution in [1.29, 1.82) is 0 Å². The number of hydrogen-bond donors (Lipinski definition) is 3. The molecule has 1 unspecified atom stereocenters. The number of nitrogens with zero attached hydrogens (tertiary/aromatic N) is 2. The second-order valence-corrected chi connectivity index (χ2v) is 6.59. The second kappa shape index (κ2) is 12.1. The highest BCUT2D eigenvalue weighted by atomic mass is 127. The van der Waals surface area contributed by atoms with E-state index in [-0.39, 0.29) is 42.8 Å². The number of halogens is 3. The third-order valence-corrected chi connectivity index (χ3v) is 4.05. The van der Waals surface area contributed by atoms with E-state index in [2.05, 4.69) is 15.6 Å². The first kappa shape index (κ1) is 24.4. The van der Waals surface area contributed by atoms with Gasteiger partial charge in [-0.05, 0) is 36.2 Å². The van der Waals surface area contributed by atoms with Crippen LogP contribution in [0, 0.1) is 10.1 Å². The Morgan fingerprint density at radius 1 is 1.21 bits per heavy atom. The average molecular weight is 539 g/mol. The van der Waals surface area contributed by atoms with Gasteiger partial charge in [0.1, 0.15) is 0 Å². The molecule has 2 aromatic rings. The van der Waals surface area contributed by atoms with Gasteiger partial charge in [-0.3, -0.25) is 10.1 Å². The van der Waals surface area contributed by atoms with Gasteiger partial charge in [-0.1, -0.05) is 35.3 Å². The van der Waals surface area contributed by atoms with Crippen LogP contribution in [0.3, 0.4) is 0 Å². The Balaban J connectivity index is 0.00000392. The van der Waals surface area contributed by atoms with Crippen molar-refractivity contribution in [2.24, 2.45) is 4.99 Å². The average Bonchev–Trinajstić information content (AvgIpc) is 2.63. The summed E-state index contributed by atoms with van der Waals surface area (Å²) in [5.74, 6) is 0.483. The van der Waals surface area contributed by atoms with Crippen LogP contribution in [0.2, 0.25) is 10.0 Å². The predicted molar refractivity (Wildman–Crippen MR) is 123 cm³/mol. The molecule has 0 heterocycles. The largest absolute Gasteiger partial charge is 0.387 e. The summed E-state index contributed by atoms with van der Waals surface area (Å²) in [6.07, 6.45) is -0.831. The highest BCUT2D eigenvalue weighted by Gasteiger charge is 2.11. The maximum Gasteiger partial charge on any atom is 0.269 e. The van der Waals surface area contributed by atoms with Crippen molar-refractivity contribution in [2.75, 3.05) is 13.1 Å². The number of guanidine groups is 1. The van der Waals surface area contributed by atoms with E-state index < -0.39 is 11.0 Å². The maximum atomic E-state index is 10.9. The molecule has 152 valence electrons. The van der Waals surface area contributed by atoms with Crippen LogP contribution in [0.1, 0.15) is 24.2 Å². The first-order chi connectivity index (χ1) is 12.9. The molecule has 3 N–H and O–H groups in total. The van der Waals surface area contributed by atoms with Gasteiger partial charge in [0.05, 0.1) is 17.6 Å². The molecule has 28 heavy (non-hydrogen) atoms. The fourth-order valence-electron chi connectivity index (χ4n) is 2.36. The number of rotatable bonds is 7. The Morgan fingerprint density at radius 3 is 2.50 bits per heavy atom. The van der Waals surface area contributed by atoms with E-state index in [1.54, 1.807) is 30.3 Å². The monoisotopic (exact) mass is 538 g/mol. The third-order valence-electron chi connectivity index (χ3n) is 3.62. The third kappa shape index (κ3) is 7.78. The molecular formula is C18H21Cl2IN4O3. The van der Waals surface area contributed by atoms with Crippen LogP contribution in [-0.4, -0.2) is 29.1 Å². The SMILES string of the molecule is CCNC(=NCc1cccc([N+](=O)[O-])c1)NCC(O)c1cc(Cl)cc(Cl)c1.I. The summed E-state index contributed by atoms with van der Waals surface area (Å²) in [5, 5.41) is 28.2. The molecule has 0 aliphatic carbocycles. The molecule has 7 nitrogen and oxygen atoms in total. The molecule has 0 fully saturated rings. The van der Waals surface area contributed by atoms with Crippen molar-refractivity contribution in [3.05, 3.63) is 73.8 Å². The normalized spacial score (nSPS) is 12.1. The summed E-state index contributed by atoms with van der Waals surface area (Å²) in [6, 6.07) is 11.2. The molecule has 10 heteroatoms. The van der Waals surface area contributed by atoms with E-state index in [1.807, 2.05) is 6.92 Å². The van der Waals surface area contributed by atoms with Crippen LogP contribution >= 0.6 is 47.2 Å². The standard InChI is InChI=1S/C18H20Cl2N4O3.HI/c1-2-21-18(22-10-12-4-3-5-16(6-12)24(26)27)23-11-17(25)13-7-14(19)9-15(20)8-13;/h3-9,17,25H,2,10-11H2,1H3,(H2,21,22,23);1H. The Labute approximate surface area is 190 Å². The molecule has 0 bridgehead atoms. The molecule has 2 rings (SSSR count). The minimum atomic E-state index is -0.831.